The average Bonchev–Trinajstić information content (AvgIpc) is 2.40. The summed E-state index contributed by atoms with van der Waals surface area (Å²) in [6.07, 6.45) is -0.662. The van der Waals surface area contributed by atoms with Gasteiger partial charge in [-0.05, 0) is 61.6 Å². The van der Waals surface area contributed by atoms with Crippen molar-refractivity contribution >= 4 is 0 Å². The van der Waals surface area contributed by atoms with Gasteiger partial charge in [-0.25, -0.2) is 0 Å². The van der Waals surface area contributed by atoms with Crippen LogP contribution in [0.5, 0.6) is 5.75 Å². The summed E-state index contributed by atoms with van der Waals surface area (Å²) in [5.74, 6) is 0.746. The Hall–Kier alpha value is -1.80. The maximum atomic E-state index is 10.8. The van der Waals surface area contributed by atoms with E-state index in [0.29, 0.717) is 0 Å². The predicted molar refractivity (Wildman–Crippen MR) is 82.4 cm³/mol. The van der Waals surface area contributed by atoms with Gasteiger partial charge in [0, 0.05) is 5.56 Å². The minimum absolute atomic E-state index is 0.662. The van der Waals surface area contributed by atoms with Crippen LogP contribution < -0.4 is 4.74 Å². The minimum atomic E-state index is -0.662. The molecule has 0 saturated heterocycles. The molecule has 106 valence electrons. The van der Waals surface area contributed by atoms with Crippen LogP contribution >= 0.6 is 0 Å². The molecule has 1 N–H and O–H groups in total. The van der Waals surface area contributed by atoms with E-state index >= 15 is 0 Å². The largest absolute Gasteiger partial charge is 0.496 e. The predicted octanol–water partition coefficient (Wildman–Crippen LogP) is 4.01. The second-order valence-electron chi connectivity index (χ2n) is 5.39. The standard InChI is InChI=1S/C18H22O2/c1-11-9-13(3)17(16(10-11)20-5)18(19)15-8-6-7-12(2)14(15)4/h6-10,18-19H,1-5H3. The van der Waals surface area contributed by atoms with E-state index in [1.165, 1.54) is 5.56 Å². The Kier molecular flexibility index (Phi) is 4.15. The molecule has 1 atom stereocenters. The van der Waals surface area contributed by atoms with Gasteiger partial charge in [0.2, 0.25) is 0 Å². The summed E-state index contributed by atoms with van der Waals surface area (Å²) in [6, 6.07) is 10.1. The zero-order chi connectivity index (χ0) is 14.9. The molecule has 0 aliphatic heterocycles. The fourth-order valence-electron chi connectivity index (χ4n) is 2.68. The lowest BCUT2D eigenvalue weighted by Gasteiger charge is -2.20. The monoisotopic (exact) mass is 270 g/mol. The lowest BCUT2D eigenvalue weighted by atomic mass is 9.91. The highest BCUT2D eigenvalue weighted by atomic mass is 16.5. The Balaban J connectivity index is 2.59. The van der Waals surface area contributed by atoms with Gasteiger partial charge in [0.1, 0.15) is 11.9 Å². The van der Waals surface area contributed by atoms with E-state index in [1.807, 2.05) is 39.0 Å². The molecule has 0 saturated carbocycles. The van der Waals surface area contributed by atoms with Gasteiger partial charge in [-0.2, -0.15) is 0 Å². The van der Waals surface area contributed by atoms with Crippen molar-refractivity contribution in [1.29, 1.82) is 0 Å². The first-order valence-corrected chi connectivity index (χ1v) is 6.85. The van der Waals surface area contributed by atoms with Gasteiger partial charge in [-0.3, -0.25) is 0 Å². The van der Waals surface area contributed by atoms with E-state index in [2.05, 4.69) is 19.1 Å². The highest BCUT2D eigenvalue weighted by Crippen LogP contribution is 2.35. The van der Waals surface area contributed by atoms with E-state index in [4.69, 9.17) is 4.74 Å². The second kappa shape index (κ2) is 5.68. The molecule has 0 spiro atoms. The SMILES string of the molecule is COc1cc(C)cc(C)c1C(O)c1cccc(C)c1C. The topological polar surface area (TPSA) is 29.5 Å². The van der Waals surface area contributed by atoms with Crippen LogP contribution in [0, 0.1) is 27.7 Å². The first kappa shape index (κ1) is 14.6. The summed E-state index contributed by atoms with van der Waals surface area (Å²) in [5.41, 5.74) is 6.29. The van der Waals surface area contributed by atoms with Crippen molar-refractivity contribution in [2.45, 2.75) is 33.8 Å². The van der Waals surface area contributed by atoms with Crippen LogP contribution in [0.15, 0.2) is 30.3 Å². The molecule has 20 heavy (non-hydrogen) atoms. The first-order valence-electron chi connectivity index (χ1n) is 6.85. The van der Waals surface area contributed by atoms with Crippen molar-refractivity contribution in [2.24, 2.45) is 0 Å². The molecule has 1 unspecified atom stereocenters. The summed E-state index contributed by atoms with van der Waals surface area (Å²) in [4.78, 5) is 0. The number of rotatable bonds is 3. The normalized spacial score (nSPS) is 12.3. The molecule has 0 aromatic heterocycles. The highest BCUT2D eigenvalue weighted by Gasteiger charge is 2.20. The number of aliphatic hydroxyl groups is 1. The lowest BCUT2D eigenvalue weighted by Crippen LogP contribution is -2.07. The summed E-state index contributed by atoms with van der Waals surface area (Å²) >= 11 is 0. The number of methoxy groups -OCH3 is 1. The average molecular weight is 270 g/mol. The number of aryl methyl sites for hydroxylation is 3. The van der Waals surface area contributed by atoms with E-state index in [-0.39, 0.29) is 0 Å². The summed E-state index contributed by atoms with van der Waals surface area (Å²) in [6.45, 7) is 8.15. The zero-order valence-electron chi connectivity index (χ0n) is 12.8. The highest BCUT2D eigenvalue weighted by molar-refractivity contribution is 5.49. The Labute approximate surface area is 121 Å². The summed E-state index contributed by atoms with van der Waals surface area (Å²) in [5, 5.41) is 10.8. The molecule has 0 heterocycles. The summed E-state index contributed by atoms with van der Waals surface area (Å²) in [7, 11) is 1.65. The minimum Gasteiger partial charge on any atom is -0.496 e. The molecule has 2 aromatic rings. The van der Waals surface area contributed by atoms with Crippen molar-refractivity contribution < 1.29 is 9.84 Å². The molecule has 0 radical (unpaired) electrons. The number of ether oxygens (including phenoxy) is 1. The van der Waals surface area contributed by atoms with E-state index < -0.39 is 6.10 Å². The van der Waals surface area contributed by atoms with E-state index in [1.54, 1.807) is 7.11 Å². The van der Waals surface area contributed by atoms with Crippen molar-refractivity contribution in [1.82, 2.24) is 0 Å². The van der Waals surface area contributed by atoms with Gasteiger partial charge < -0.3 is 9.84 Å². The third-order valence-corrected chi connectivity index (χ3v) is 3.93. The Morgan fingerprint density at radius 1 is 1.00 bits per heavy atom. The Morgan fingerprint density at radius 2 is 1.70 bits per heavy atom. The molecule has 0 bridgehead atoms. The molecule has 2 nitrogen and oxygen atoms in total. The van der Waals surface area contributed by atoms with Gasteiger partial charge in [0.25, 0.3) is 0 Å². The third-order valence-electron chi connectivity index (χ3n) is 3.93. The smallest absolute Gasteiger partial charge is 0.125 e. The molecular weight excluding hydrogens is 248 g/mol. The van der Waals surface area contributed by atoms with Gasteiger partial charge in [0.05, 0.1) is 7.11 Å². The van der Waals surface area contributed by atoms with Gasteiger partial charge >= 0.3 is 0 Å². The van der Waals surface area contributed by atoms with E-state index in [0.717, 1.165) is 33.6 Å². The number of hydrogen-bond acceptors (Lipinski definition) is 2. The molecule has 2 rings (SSSR count). The Bertz CT molecular complexity index is 630. The molecule has 0 aliphatic rings. The third kappa shape index (κ3) is 2.56. The fraction of sp³-hybridized carbons (Fsp3) is 0.333. The fourth-order valence-corrected chi connectivity index (χ4v) is 2.68. The molecule has 0 amide bonds. The second-order valence-corrected chi connectivity index (χ2v) is 5.39. The van der Waals surface area contributed by atoms with E-state index in [9.17, 15) is 5.11 Å². The van der Waals surface area contributed by atoms with Crippen LogP contribution in [0.3, 0.4) is 0 Å². The number of aliphatic hydroxyl groups excluding tert-OH is 1. The first-order chi connectivity index (χ1) is 9.45. The van der Waals surface area contributed by atoms with Crippen molar-refractivity contribution in [3.63, 3.8) is 0 Å². The molecular formula is C18H22O2. The van der Waals surface area contributed by atoms with Crippen LogP contribution in [0.4, 0.5) is 0 Å². The van der Waals surface area contributed by atoms with Crippen LogP contribution in [0.25, 0.3) is 0 Å². The van der Waals surface area contributed by atoms with Crippen LogP contribution in [-0.4, -0.2) is 12.2 Å². The molecule has 0 fully saturated rings. The van der Waals surface area contributed by atoms with Crippen molar-refractivity contribution in [2.75, 3.05) is 7.11 Å². The quantitative estimate of drug-likeness (QED) is 0.913. The van der Waals surface area contributed by atoms with Crippen LogP contribution in [0.2, 0.25) is 0 Å². The van der Waals surface area contributed by atoms with Crippen molar-refractivity contribution in [3.8, 4) is 5.75 Å². The molecule has 2 aromatic carbocycles. The lowest BCUT2D eigenvalue weighted by molar-refractivity contribution is 0.213. The van der Waals surface area contributed by atoms with Gasteiger partial charge in [0.15, 0.2) is 0 Å². The van der Waals surface area contributed by atoms with Crippen molar-refractivity contribution in [3.05, 3.63) is 63.7 Å². The van der Waals surface area contributed by atoms with Gasteiger partial charge in [-0.1, -0.05) is 24.3 Å². The number of benzene rings is 2. The van der Waals surface area contributed by atoms with Gasteiger partial charge in [-0.15, -0.1) is 0 Å². The molecule has 0 aliphatic carbocycles. The van der Waals surface area contributed by atoms with Crippen LogP contribution in [-0.2, 0) is 0 Å². The molecule has 2 heteroatoms. The van der Waals surface area contributed by atoms with Crippen LogP contribution in [0.1, 0.15) is 39.5 Å². The summed E-state index contributed by atoms with van der Waals surface area (Å²) < 4.78 is 5.46. The zero-order valence-corrected chi connectivity index (χ0v) is 12.8. The number of hydrogen-bond donors (Lipinski definition) is 1. The maximum Gasteiger partial charge on any atom is 0.125 e. The maximum absolute atomic E-state index is 10.8. The Morgan fingerprint density at radius 3 is 2.35 bits per heavy atom.